The number of hydrogen-bond donors (Lipinski definition) is 1. The van der Waals surface area contributed by atoms with E-state index in [9.17, 15) is 13.2 Å². The first-order valence-corrected chi connectivity index (χ1v) is 6.70. The van der Waals surface area contributed by atoms with Crippen LogP contribution in [0.4, 0.5) is 0 Å². The van der Waals surface area contributed by atoms with Crippen LogP contribution in [0.5, 0.6) is 0 Å². The number of imidazole rings is 1. The molecule has 0 aromatic carbocycles. The van der Waals surface area contributed by atoms with Gasteiger partial charge in [0.1, 0.15) is 5.69 Å². The van der Waals surface area contributed by atoms with Crippen LogP contribution in [-0.2, 0) is 9.84 Å². The number of hydrogen-bond acceptors (Lipinski definition) is 4. The molecular weight excluding hydrogens is 232 g/mol. The monoisotopic (exact) mass is 244 g/mol. The molecule has 6 nitrogen and oxygen atoms in total. The van der Waals surface area contributed by atoms with E-state index < -0.39 is 15.8 Å². The maximum Gasteiger partial charge on any atom is 0.354 e. The molecule has 88 valence electrons. The lowest BCUT2D eigenvalue weighted by atomic mass is 10.2. The minimum Gasteiger partial charge on any atom is -0.477 e. The molecule has 1 unspecified atom stereocenters. The number of carboxylic acids is 1. The molecule has 1 aliphatic rings. The standard InChI is InChI=1S/C9H12N2O4S/c1-6-8(9(12)13)11(5-10-6)7-2-3-16(14,15)4-7/h5,7H,2-4H2,1H3,(H,12,13). The van der Waals surface area contributed by atoms with Crippen molar-refractivity contribution in [2.75, 3.05) is 11.5 Å². The van der Waals surface area contributed by atoms with E-state index in [1.54, 1.807) is 6.92 Å². The van der Waals surface area contributed by atoms with Crippen molar-refractivity contribution in [2.24, 2.45) is 0 Å². The molecule has 0 radical (unpaired) electrons. The highest BCUT2D eigenvalue weighted by Gasteiger charge is 2.31. The molecule has 0 bridgehead atoms. The van der Waals surface area contributed by atoms with Crippen LogP contribution in [0.2, 0.25) is 0 Å². The Labute approximate surface area is 92.8 Å². The van der Waals surface area contributed by atoms with Crippen LogP contribution >= 0.6 is 0 Å². The van der Waals surface area contributed by atoms with Crippen molar-refractivity contribution in [2.45, 2.75) is 19.4 Å². The van der Waals surface area contributed by atoms with Gasteiger partial charge < -0.3 is 9.67 Å². The van der Waals surface area contributed by atoms with Gasteiger partial charge in [-0.3, -0.25) is 0 Å². The fourth-order valence-corrected chi connectivity index (χ4v) is 3.70. The predicted molar refractivity (Wildman–Crippen MR) is 56.2 cm³/mol. The van der Waals surface area contributed by atoms with Crippen molar-refractivity contribution in [3.63, 3.8) is 0 Å². The van der Waals surface area contributed by atoms with Crippen LogP contribution in [0.3, 0.4) is 0 Å². The van der Waals surface area contributed by atoms with Crippen LogP contribution in [0.15, 0.2) is 6.33 Å². The van der Waals surface area contributed by atoms with E-state index in [0.29, 0.717) is 12.1 Å². The molecule has 0 aliphatic carbocycles. The summed E-state index contributed by atoms with van der Waals surface area (Å²) in [7, 11) is -3.02. The fourth-order valence-electron chi connectivity index (χ4n) is 1.99. The van der Waals surface area contributed by atoms with Gasteiger partial charge in [0.2, 0.25) is 0 Å². The lowest BCUT2D eigenvalue weighted by molar-refractivity contribution is 0.0682. The zero-order chi connectivity index (χ0) is 11.9. The molecule has 1 N–H and O–H groups in total. The van der Waals surface area contributed by atoms with Crippen molar-refractivity contribution < 1.29 is 18.3 Å². The summed E-state index contributed by atoms with van der Waals surface area (Å²) in [5.74, 6) is -0.948. The van der Waals surface area contributed by atoms with Crippen molar-refractivity contribution >= 4 is 15.8 Å². The first-order valence-electron chi connectivity index (χ1n) is 4.88. The van der Waals surface area contributed by atoms with Gasteiger partial charge in [0, 0.05) is 0 Å². The Hall–Kier alpha value is -1.37. The Morgan fingerprint density at radius 1 is 1.62 bits per heavy atom. The topological polar surface area (TPSA) is 89.3 Å². The van der Waals surface area contributed by atoms with E-state index in [1.807, 2.05) is 0 Å². The lowest BCUT2D eigenvalue weighted by Gasteiger charge is -2.11. The number of carbonyl (C=O) groups is 1. The van der Waals surface area contributed by atoms with Gasteiger partial charge in [0.15, 0.2) is 9.84 Å². The largest absolute Gasteiger partial charge is 0.477 e. The molecule has 1 aliphatic heterocycles. The van der Waals surface area contributed by atoms with Gasteiger partial charge in [-0.25, -0.2) is 18.2 Å². The Bertz CT molecular complexity index is 532. The Morgan fingerprint density at radius 3 is 2.81 bits per heavy atom. The van der Waals surface area contributed by atoms with Crippen LogP contribution in [0.25, 0.3) is 0 Å². The molecule has 1 aromatic rings. The summed E-state index contributed by atoms with van der Waals surface area (Å²) >= 11 is 0. The molecule has 0 spiro atoms. The SMILES string of the molecule is Cc1ncn(C2CCS(=O)(=O)C2)c1C(=O)O. The first kappa shape index (κ1) is 11.1. The number of aryl methyl sites for hydroxylation is 1. The number of nitrogens with zero attached hydrogens (tertiary/aromatic N) is 2. The third-order valence-corrected chi connectivity index (χ3v) is 4.53. The van der Waals surface area contributed by atoms with Crippen molar-refractivity contribution in [3.8, 4) is 0 Å². The van der Waals surface area contributed by atoms with E-state index in [4.69, 9.17) is 5.11 Å². The Morgan fingerprint density at radius 2 is 2.31 bits per heavy atom. The molecule has 1 fully saturated rings. The molecule has 1 atom stereocenters. The van der Waals surface area contributed by atoms with Crippen LogP contribution in [0.1, 0.15) is 28.6 Å². The smallest absolute Gasteiger partial charge is 0.354 e. The molecule has 1 aromatic heterocycles. The molecule has 2 heterocycles. The van der Waals surface area contributed by atoms with Gasteiger partial charge in [-0.05, 0) is 13.3 Å². The molecular formula is C9H12N2O4S. The highest BCUT2D eigenvalue weighted by atomic mass is 32.2. The van der Waals surface area contributed by atoms with Crippen molar-refractivity contribution in [1.29, 1.82) is 0 Å². The number of aromatic carboxylic acids is 1. The summed E-state index contributed by atoms with van der Waals surface area (Å²) in [6.07, 6.45) is 1.86. The average Bonchev–Trinajstić information content (AvgIpc) is 2.68. The van der Waals surface area contributed by atoms with E-state index in [-0.39, 0.29) is 23.2 Å². The summed E-state index contributed by atoms with van der Waals surface area (Å²) in [6.45, 7) is 1.60. The van der Waals surface area contributed by atoms with Gasteiger partial charge in [-0.2, -0.15) is 0 Å². The van der Waals surface area contributed by atoms with E-state index in [0.717, 1.165) is 0 Å². The highest BCUT2D eigenvalue weighted by Crippen LogP contribution is 2.25. The predicted octanol–water partition coefficient (Wildman–Crippen LogP) is 0.249. The highest BCUT2D eigenvalue weighted by molar-refractivity contribution is 7.91. The van der Waals surface area contributed by atoms with Crippen LogP contribution < -0.4 is 0 Å². The van der Waals surface area contributed by atoms with Crippen molar-refractivity contribution in [3.05, 3.63) is 17.7 Å². The van der Waals surface area contributed by atoms with Crippen molar-refractivity contribution in [1.82, 2.24) is 9.55 Å². The van der Waals surface area contributed by atoms with Gasteiger partial charge in [-0.1, -0.05) is 0 Å². The quantitative estimate of drug-likeness (QED) is 0.805. The summed E-state index contributed by atoms with van der Waals surface area (Å²) in [4.78, 5) is 14.9. The van der Waals surface area contributed by atoms with E-state index in [2.05, 4.69) is 4.98 Å². The number of carboxylic acid groups (broad SMARTS) is 1. The van der Waals surface area contributed by atoms with E-state index >= 15 is 0 Å². The Kier molecular flexibility index (Phi) is 2.49. The number of sulfone groups is 1. The minimum absolute atomic E-state index is 0.00306. The van der Waals surface area contributed by atoms with Gasteiger partial charge >= 0.3 is 5.97 Å². The third-order valence-electron chi connectivity index (χ3n) is 2.78. The summed E-state index contributed by atoms with van der Waals surface area (Å²) in [5.41, 5.74) is 0.499. The molecule has 0 saturated carbocycles. The molecule has 1 saturated heterocycles. The average molecular weight is 244 g/mol. The van der Waals surface area contributed by atoms with Gasteiger partial charge in [0.05, 0.1) is 29.6 Å². The van der Waals surface area contributed by atoms with Gasteiger partial charge in [0.25, 0.3) is 0 Å². The van der Waals surface area contributed by atoms with Crippen LogP contribution in [0, 0.1) is 6.92 Å². The second-order valence-corrected chi connectivity index (χ2v) is 6.18. The zero-order valence-electron chi connectivity index (χ0n) is 8.75. The first-order chi connectivity index (χ1) is 7.41. The fraction of sp³-hybridized carbons (Fsp3) is 0.556. The summed E-state index contributed by atoms with van der Waals surface area (Å²) < 4.78 is 24.1. The molecule has 16 heavy (non-hydrogen) atoms. The maximum absolute atomic E-state index is 11.3. The normalized spacial score (nSPS) is 23.4. The zero-order valence-corrected chi connectivity index (χ0v) is 9.57. The summed E-state index contributed by atoms with van der Waals surface area (Å²) in [6, 6.07) is -0.294. The maximum atomic E-state index is 11.3. The molecule has 2 rings (SSSR count). The van der Waals surface area contributed by atoms with Crippen LogP contribution in [-0.4, -0.2) is 40.6 Å². The summed E-state index contributed by atoms with van der Waals surface area (Å²) in [5, 5.41) is 9.02. The Balaban J connectivity index is 2.39. The second kappa shape index (κ2) is 3.58. The molecule has 0 amide bonds. The second-order valence-electron chi connectivity index (χ2n) is 3.95. The third kappa shape index (κ3) is 1.82. The number of rotatable bonds is 2. The molecule has 7 heteroatoms. The van der Waals surface area contributed by atoms with Gasteiger partial charge in [-0.15, -0.1) is 0 Å². The van der Waals surface area contributed by atoms with E-state index in [1.165, 1.54) is 10.9 Å². The minimum atomic E-state index is -3.02. The number of aromatic nitrogens is 2. The lowest BCUT2D eigenvalue weighted by Crippen LogP contribution is -2.16.